The van der Waals surface area contributed by atoms with E-state index in [4.69, 9.17) is 4.74 Å². The highest BCUT2D eigenvalue weighted by Gasteiger charge is 2.65. The third-order valence-corrected chi connectivity index (χ3v) is 6.79. The molecule has 1 aromatic carbocycles. The number of pyridine rings is 1. The number of aromatic nitrogens is 1. The van der Waals surface area contributed by atoms with Crippen LogP contribution in [0.15, 0.2) is 54.9 Å². The third-order valence-electron chi connectivity index (χ3n) is 6.79. The first kappa shape index (κ1) is 19.2. The van der Waals surface area contributed by atoms with Crippen LogP contribution < -0.4 is 0 Å². The van der Waals surface area contributed by atoms with Crippen molar-refractivity contribution in [2.45, 2.75) is 56.3 Å². The number of likely N-dealkylation sites (tertiary alicyclic amines) is 1. The van der Waals surface area contributed by atoms with Crippen molar-refractivity contribution in [1.82, 2.24) is 14.8 Å². The molecule has 0 aliphatic carbocycles. The van der Waals surface area contributed by atoms with Gasteiger partial charge in [-0.05, 0) is 36.5 Å². The van der Waals surface area contributed by atoms with Gasteiger partial charge in [0.05, 0.1) is 25.1 Å². The minimum Gasteiger partial charge on any atom is -0.351 e. The fourth-order valence-corrected chi connectivity index (χ4v) is 5.36. The molecule has 3 saturated heterocycles. The Balaban J connectivity index is 1.22. The maximum atomic E-state index is 13.0. The van der Waals surface area contributed by atoms with E-state index >= 15 is 0 Å². The average molecular weight is 405 g/mol. The standard InChI is InChI=1S/C24H27N3O3/c28-22(11-5-4-7-18-8-6-13-25-16-18)26-14-12-24-21(26)15-23(29)27(24)20(17-30-24)19-9-2-1-3-10-19/h1-3,6,8-10,13,16,20-21H,4-5,7,11-12,14-15,17H2/t20-,21+,24-/m0/s1. The van der Waals surface area contributed by atoms with Gasteiger partial charge in [0.2, 0.25) is 11.8 Å². The Labute approximate surface area is 176 Å². The minimum atomic E-state index is -0.636. The summed E-state index contributed by atoms with van der Waals surface area (Å²) in [5.41, 5.74) is 1.67. The predicted octanol–water partition coefficient (Wildman–Crippen LogP) is 3.10. The summed E-state index contributed by atoms with van der Waals surface area (Å²) < 4.78 is 6.29. The van der Waals surface area contributed by atoms with Gasteiger partial charge in [0, 0.05) is 31.8 Å². The van der Waals surface area contributed by atoms with Crippen molar-refractivity contribution in [3.8, 4) is 0 Å². The van der Waals surface area contributed by atoms with E-state index in [9.17, 15) is 9.59 Å². The summed E-state index contributed by atoms with van der Waals surface area (Å²) in [6.45, 7) is 1.16. The Morgan fingerprint density at radius 1 is 1.17 bits per heavy atom. The number of amides is 2. The molecule has 5 rings (SSSR count). The van der Waals surface area contributed by atoms with Gasteiger partial charge in [0.15, 0.2) is 5.72 Å². The summed E-state index contributed by atoms with van der Waals surface area (Å²) in [7, 11) is 0. The maximum absolute atomic E-state index is 13.0. The van der Waals surface area contributed by atoms with Gasteiger partial charge >= 0.3 is 0 Å². The summed E-state index contributed by atoms with van der Waals surface area (Å²) in [6.07, 6.45) is 7.97. The monoisotopic (exact) mass is 405 g/mol. The van der Waals surface area contributed by atoms with Crippen LogP contribution in [0.25, 0.3) is 0 Å². The number of unbranched alkanes of at least 4 members (excludes halogenated alkanes) is 1. The summed E-state index contributed by atoms with van der Waals surface area (Å²) in [4.78, 5) is 33.9. The fraction of sp³-hybridized carbons (Fsp3) is 0.458. The molecule has 6 heteroatoms. The molecule has 1 aromatic heterocycles. The quantitative estimate of drug-likeness (QED) is 0.693. The summed E-state index contributed by atoms with van der Waals surface area (Å²) in [5.74, 6) is 0.241. The Bertz CT molecular complexity index is 920. The Morgan fingerprint density at radius 3 is 2.83 bits per heavy atom. The minimum absolute atomic E-state index is 0.0572. The molecule has 1 spiro atoms. The highest BCUT2D eigenvalue weighted by Crippen LogP contribution is 2.51. The third kappa shape index (κ3) is 3.19. The number of rotatable bonds is 6. The van der Waals surface area contributed by atoms with Crippen LogP contribution in [0.2, 0.25) is 0 Å². The first-order valence-corrected chi connectivity index (χ1v) is 10.9. The lowest BCUT2D eigenvalue weighted by Crippen LogP contribution is -2.49. The fourth-order valence-electron chi connectivity index (χ4n) is 5.36. The van der Waals surface area contributed by atoms with Crippen molar-refractivity contribution in [1.29, 1.82) is 0 Å². The molecule has 0 unspecified atom stereocenters. The number of hydrogen-bond acceptors (Lipinski definition) is 4. The molecule has 3 fully saturated rings. The van der Waals surface area contributed by atoms with Gasteiger partial charge in [-0.2, -0.15) is 0 Å². The van der Waals surface area contributed by atoms with Crippen LogP contribution in [0.3, 0.4) is 0 Å². The van der Waals surface area contributed by atoms with Gasteiger partial charge in [-0.3, -0.25) is 14.6 Å². The van der Waals surface area contributed by atoms with E-state index in [1.54, 1.807) is 6.20 Å². The molecule has 3 aliphatic rings. The highest BCUT2D eigenvalue weighted by atomic mass is 16.5. The van der Waals surface area contributed by atoms with Crippen LogP contribution in [-0.2, 0) is 20.7 Å². The molecular weight excluding hydrogens is 378 g/mol. The van der Waals surface area contributed by atoms with E-state index in [1.165, 1.54) is 5.56 Å². The normalized spacial score (nSPS) is 27.4. The topological polar surface area (TPSA) is 62.7 Å². The lowest BCUT2D eigenvalue weighted by atomic mass is 10.0. The van der Waals surface area contributed by atoms with Crippen molar-refractivity contribution < 1.29 is 14.3 Å². The molecule has 4 heterocycles. The molecule has 156 valence electrons. The second-order valence-corrected chi connectivity index (χ2v) is 8.47. The Kier molecular flexibility index (Phi) is 5.03. The van der Waals surface area contributed by atoms with Crippen molar-refractivity contribution in [3.05, 3.63) is 66.0 Å². The van der Waals surface area contributed by atoms with Gasteiger partial charge < -0.3 is 14.5 Å². The summed E-state index contributed by atoms with van der Waals surface area (Å²) in [6, 6.07) is 13.9. The number of ether oxygens (including phenoxy) is 1. The Morgan fingerprint density at radius 2 is 2.03 bits per heavy atom. The first-order valence-electron chi connectivity index (χ1n) is 10.9. The van der Waals surface area contributed by atoms with Crippen LogP contribution in [0.4, 0.5) is 0 Å². The highest BCUT2D eigenvalue weighted by molar-refractivity contribution is 5.85. The molecule has 0 saturated carbocycles. The Hall–Kier alpha value is -2.73. The second kappa shape index (κ2) is 7.84. The van der Waals surface area contributed by atoms with Crippen LogP contribution >= 0.6 is 0 Å². The largest absolute Gasteiger partial charge is 0.351 e. The number of carbonyl (C=O) groups excluding carboxylic acids is 2. The van der Waals surface area contributed by atoms with Crippen molar-refractivity contribution in [2.24, 2.45) is 0 Å². The van der Waals surface area contributed by atoms with Crippen LogP contribution in [0, 0.1) is 0 Å². The van der Waals surface area contributed by atoms with Crippen molar-refractivity contribution in [3.63, 3.8) is 0 Å². The van der Waals surface area contributed by atoms with E-state index in [1.807, 2.05) is 52.4 Å². The van der Waals surface area contributed by atoms with Crippen molar-refractivity contribution >= 4 is 11.8 Å². The number of aryl methyl sites for hydroxylation is 1. The lowest BCUT2D eigenvalue weighted by Gasteiger charge is -2.33. The van der Waals surface area contributed by atoms with Crippen LogP contribution in [-0.4, -0.2) is 51.5 Å². The summed E-state index contributed by atoms with van der Waals surface area (Å²) in [5, 5.41) is 0. The van der Waals surface area contributed by atoms with Gasteiger partial charge in [-0.1, -0.05) is 36.4 Å². The zero-order chi connectivity index (χ0) is 20.6. The van der Waals surface area contributed by atoms with Gasteiger partial charge in [-0.25, -0.2) is 0 Å². The van der Waals surface area contributed by atoms with E-state index in [0.717, 1.165) is 24.8 Å². The number of benzene rings is 1. The molecule has 30 heavy (non-hydrogen) atoms. The zero-order valence-corrected chi connectivity index (χ0v) is 17.1. The van der Waals surface area contributed by atoms with Crippen LogP contribution in [0.5, 0.6) is 0 Å². The lowest BCUT2D eigenvalue weighted by molar-refractivity contribution is -0.141. The smallest absolute Gasteiger partial charge is 0.227 e. The molecule has 0 radical (unpaired) electrons. The molecule has 3 aliphatic heterocycles. The zero-order valence-electron chi connectivity index (χ0n) is 17.1. The maximum Gasteiger partial charge on any atom is 0.227 e. The van der Waals surface area contributed by atoms with Crippen LogP contribution in [0.1, 0.15) is 49.3 Å². The molecule has 2 amide bonds. The molecule has 6 nitrogen and oxygen atoms in total. The SMILES string of the molecule is O=C(CCCCc1cccnc1)N1CC[C@@]23OC[C@@H](c4ccccc4)N2C(=O)C[C@@H]13. The molecule has 2 aromatic rings. The molecule has 0 bridgehead atoms. The predicted molar refractivity (Wildman–Crippen MR) is 111 cm³/mol. The van der Waals surface area contributed by atoms with Gasteiger partial charge in [0.25, 0.3) is 0 Å². The average Bonchev–Trinajstić information content (AvgIpc) is 3.41. The van der Waals surface area contributed by atoms with Gasteiger partial charge in [-0.15, -0.1) is 0 Å². The van der Waals surface area contributed by atoms with E-state index in [-0.39, 0.29) is 23.9 Å². The van der Waals surface area contributed by atoms with Crippen molar-refractivity contribution in [2.75, 3.05) is 13.2 Å². The van der Waals surface area contributed by atoms with E-state index < -0.39 is 5.72 Å². The molecule has 3 atom stereocenters. The molecular formula is C24H27N3O3. The first-order chi connectivity index (χ1) is 14.7. The van der Waals surface area contributed by atoms with Gasteiger partial charge in [0.1, 0.15) is 0 Å². The van der Waals surface area contributed by atoms with E-state index in [0.29, 0.717) is 32.4 Å². The number of nitrogens with zero attached hydrogens (tertiary/aromatic N) is 3. The second-order valence-electron chi connectivity index (χ2n) is 8.47. The van der Waals surface area contributed by atoms with E-state index in [2.05, 4.69) is 11.1 Å². The number of hydrogen-bond donors (Lipinski definition) is 0. The molecule has 0 N–H and O–H groups in total. The summed E-state index contributed by atoms with van der Waals surface area (Å²) >= 11 is 0. The number of carbonyl (C=O) groups is 2.